The third-order valence-corrected chi connectivity index (χ3v) is 2.97. The fourth-order valence-electron chi connectivity index (χ4n) is 2.25. The lowest BCUT2D eigenvalue weighted by Gasteiger charge is -2.38. The molecule has 4 nitrogen and oxygen atoms in total. The lowest BCUT2D eigenvalue weighted by Crippen LogP contribution is -2.51. The largest absolute Gasteiger partial charge is 0.507 e. The van der Waals surface area contributed by atoms with E-state index in [1.54, 1.807) is 12.1 Å². The van der Waals surface area contributed by atoms with Crippen LogP contribution in [0.1, 0.15) is 32.8 Å². The zero-order valence-electron chi connectivity index (χ0n) is 10.8. The van der Waals surface area contributed by atoms with Gasteiger partial charge in [0.25, 0.3) is 0 Å². The highest BCUT2D eigenvalue weighted by atomic mass is 16.6. The number of phenols is 1. The van der Waals surface area contributed by atoms with Crippen LogP contribution in [0.2, 0.25) is 0 Å². The minimum absolute atomic E-state index is 0.0237. The molecule has 1 unspecified atom stereocenters. The Labute approximate surface area is 107 Å². The Balaban J connectivity index is 2.29. The number of hydrogen-bond donors (Lipinski definition) is 1. The molecule has 1 N–H and O–H groups in total. The van der Waals surface area contributed by atoms with Crippen molar-refractivity contribution in [1.82, 2.24) is 0 Å². The van der Waals surface area contributed by atoms with E-state index in [1.807, 2.05) is 26.8 Å². The Morgan fingerprint density at radius 2 is 2.22 bits per heavy atom. The lowest BCUT2D eigenvalue weighted by atomic mass is 9.74. The van der Waals surface area contributed by atoms with Crippen LogP contribution in [0.15, 0.2) is 18.2 Å². The van der Waals surface area contributed by atoms with Crippen LogP contribution in [-0.2, 0) is 9.31 Å². The van der Waals surface area contributed by atoms with E-state index >= 15 is 0 Å². The Morgan fingerprint density at radius 3 is 2.83 bits per heavy atom. The second-order valence-corrected chi connectivity index (χ2v) is 5.25. The van der Waals surface area contributed by atoms with Gasteiger partial charge in [-0.2, -0.15) is 5.26 Å². The van der Waals surface area contributed by atoms with Crippen LogP contribution >= 0.6 is 0 Å². The molecule has 0 saturated carbocycles. The minimum Gasteiger partial charge on any atom is -0.507 e. The van der Waals surface area contributed by atoms with E-state index in [1.165, 1.54) is 6.07 Å². The number of hydrogen-bond acceptors (Lipinski definition) is 4. The first-order chi connectivity index (χ1) is 8.41. The summed E-state index contributed by atoms with van der Waals surface area (Å²) in [5.74, 6) is -0.0237. The minimum atomic E-state index is -0.489. The topological polar surface area (TPSA) is 62.5 Å². The first-order valence-corrected chi connectivity index (χ1v) is 5.97. The standard InChI is InChI=1S/C13H16BNO3/c1-9-7-13(2,3)18-14(17-9)11-4-5-12(16)10(6-11)8-15/h4-6,9,16H,7H2,1-3H3. The molecule has 1 aliphatic heterocycles. The SMILES string of the molecule is CC1CC(C)(C)OB(c2ccc(O)c(C#N)c2)O1. The lowest BCUT2D eigenvalue weighted by molar-refractivity contribution is -0.0229. The van der Waals surface area contributed by atoms with Crippen LogP contribution in [0, 0.1) is 11.3 Å². The molecule has 94 valence electrons. The number of phenolic OH excluding ortho intramolecular Hbond substituents is 1. The highest BCUT2D eigenvalue weighted by molar-refractivity contribution is 6.61. The molecule has 1 fully saturated rings. The molecule has 18 heavy (non-hydrogen) atoms. The van der Waals surface area contributed by atoms with E-state index in [0.717, 1.165) is 11.9 Å². The van der Waals surface area contributed by atoms with E-state index in [4.69, 9.17) is 14.6 Å². The first kappa shape index (κ1) is 12.9. The molecule has 0 bridgehead atoms. The molecule has 0 amide bonds. The summed E-state index contributed by atoms with van der Waals surface area (Å²) in [5, 5.41) is 18.4. The molecular formula is C13H16BNO3. The Kier molecular flexibility index (Phi) is 3.33. The van der Waals surface area contributed by atoms with Gasteiger partial charge in [0.15, 0.2) is 0 Å². The van der Waals surface area contributed by atoms with Gasteiger partial charge in [0.05, 0.1) is 11.2 Å². The van der Waals surface area contributed by atoms with Crippen LogP contribution in [0.3, 0.4) is 0 Å². The number of nitrogens with zero attached hydrogens (tertiary/aromatic N) is 1. The van der Waals surface area contributed by atoms with Gasteiger partial charge in [-0.15, -0.1) is 0 Å². The van der Waals surface area contributed by atoms with Gasteiger partial charge in [0, 0.05) is 6.10 Å². The predicted octanol–water partition coefficient (Wildman–Crippen LogP) is 1.56. The third-order valence-electron chi connectivity index (χ3n) is 2.97. The van der Waals surface area contributed by atoms with Crippen LogP contribution in [-0.4, -0.2) is 23.9 Å². The second kappa shape index (κ2) is 4.64. The molecule has 0 aromatic heterocycles. The number of nitriles is 1. The van der Waals surface area contributed by atoms with Crippen molar-refractivity contribution in [3.8, 4) is 11.8 Å². The molecule has 0 aliphatic carbocycles. The number of benzene rings is 1. The van der Waals surface area contributed by atoms with Gasteiger partial charge in [-0.05, 0) is 44.8 Å². The monoisotopic (exact) mass is 245 g/mol. The van der Waals surface area contributed by atoms with Crippen molar-refractivity contribution in [2.24, 2.45) is 0 Å². The molecule has 0 spiro atoms. The highest BCUT2D eigenvalue weighted by Crippen LogP contribution is 2.26. The molecule has 1 heterocycles. The third kappa shape index (κ3) is 2.66. The maximum Gasteiger partial charge on any atom is 0.494 e. The van der Waals surface area contributed by atoms with Crippen LogP contribution in [0.5, 0.6) is 5.75 Å². The average molecular weight is 245 g/mol. The van der Waals surface area contributed by atoms with Gasteiger partial charge in [-0.3, -0.25) is 0 Å². The quantitative estimate of drug-likeness (QED) is 0.762. The summed E-state index contributed by atoms with van der Waals surface area (Å²) in [4.78, 5) is 0. The summed E-state index contributed by atoms with van der Waals surface area (Å²) in [7, 11) is -0.489. The smallest absolute Gasteiger partial charge is 0.494 e. The molecular weight excluding hydrogens is 229 g/mol. The van der Waals surface area contributed by atoms with Crippen LogP contribution < -0.4 is 5.46 Å². The second-order valence-electron chi connectivity index (χ2n) is 5.25. The zero-order valence-corrected chi connectivity index (χ0v) is 10.8. The normalized spacial score (nSPS) is 22.6. The summed E-state index contributed by atoms with van der Waals surface area (Å²) in [6, 6.07) is 6.76. The number of rotatable bonds is 1. The van der Waals surface area contributed by atoms with Crippen LogP contribution in [0.25, 0.3) is 0 Å². The van der Waals surface area contributed by atoms with Gasteiger partial charge in [0.2, 0.25) is 0 Å². The zero-order chi connectivity index (χ0) is 13.3. The van der Waals surface area contributed by atoms with Gasteiger partial charge in [-0.1, -0.05) is 6.07 Å². The first-order valence-electron chi connectivity index (χ1n) is 5.97. The van der Waals surface area contributed by atoms with Crippen molar-refractivity contribution < 1.29 is 14.4 Å². The molecule has 1 saturated heterocycles. The maximum absolute atomic E-state index is 9.48. The van der Waals surface area contributed by atoms with Crippen molar-refractivity contribution in [3.05, 3.63) is 23.8 Å². The fourth-order valence-corrected chi connectivity index (χ4v) is 2.25. The molecule has 1 aliphatic rings. The average Bonchev–Trinajstić information content (AvgIpc) is 2.27. The van der Waals surface area contributed by atoms with Crippen molar-refractivity contribution >= 4 is 12.6 Å². The van der Waals surface area contributed by atoms with E-state index in [9.17, 15) is 5.11 Å². The number of aromatic hydroxyl groups is 1. The molecule has 2 rings (SSSR count). The predicted molar refractivity (Wildman–Crippen MR) is 68.5 cm³/mol. The molecule has 5 heteroatoms. The van der Waals surface area contributed by atoms with Crippen molar-refractivity contribution in [3.63, 3.8) is 0 Å². The van der Waals surface area contributed by atoms with Crippen molar-refractivity contribution in [1.29, 1.82) is 5.26 Å². The van der Waals surface area contributed by atoms with Crippen molar-refractivity contribution in [2.75, 3.05) is 0 Å². The fraction of sp³-hybridized carbons (Fsp3) is 0.462. The highest BCUT2D eigenvalue weighted by Gasteiger charge is 2.38. The summed E-state index contributed by atoms with van der Waals surface area (Å²) in [6.07, 6.45) is 0.922. The summed E-state index contributed by atoms with van der Waals surface area (Å²) >= 11 is 0. The van der Waals surface area contributed by atoms with Gasteiger partial charge in [-0.25, -0.2) is 0 Å². The van der Waals surface area contributed by atoms with Crippen LogP contribution in [0.4, 0.5) is 0 Å². The summed E-state index contributed by atoms with van der Waals surface area (Å²) < 4.78 is 11.6. The van der Waals surface area contributed by atoms with E-state index in [2.05, 4.69) is 0 Å². The molecule has 1 aromatic carbocycles. The Hall–Kier alpha value is -1.51. The Morgan fingerprint density at radius 1 is 1.50 bits per heavy atom. The summed E-state index contributed by atoms with van der Waals surface area (Å²) in [5.41, 5.74) is 0.729. The molecule has 1 aromatic rings. The van der Waals surface area contributed by atoms with Gasteiger partial charge >= 0.3 is 7.12 Å². The molecule has 0 radical (unpaired) electrons. The van der Waals surface area contributed by atoms with Gasteiger partial charge in [0.1, 0.15) is 11.8 Å². The molecule has 1 atom stereocenters. The maximum atomic E-state index is 9.48. The van der Waals surface area contributed by atoms with E-state index in [-0.39, 0.29) is 23.0 Å². The van der Waals surface area contributed by atoms with Gasteiger partial charge < -0.3 is 14.4 Å². The van der Waals surface area contributed by atoms with E-state index in [0.29, 0.717) is 0 Å². The Bertz CT molecular complexity index is 495. The van der Waals surface area contributed by atoms with Crippen molar-refractivity contribution in [2.45, 2.75) is 38.9 Å². The summed E-state index contributed by atoms with van der Waals surface area (Å²) in [6.45, 7) is 6.04. The van der Waals surface area contributed by atoms with E-state index < -0.39 is 7.12 Å².